The molecule has 8 nitrogen and oxygen atoms in total. The molecule has 4 N–H and O–H groups in total. The molecule has 2 aromatic rings. The van der Waals surface area contributed by atoms with Gasteiger partial charge in [0, 0.05) is 29.8 Å². The van der Waals surface area contributed by atoms with Crippen molar-refractivity contribution in [2.75, 3.05) is 29.5 Å². The van der Waals surface area contributed by atoms with Gasteiger partial charge >= 0.3 is 0 Å². The van der Waals surface area contributed by atoms with Crippen LogP contribution >= 0.6 is 23.7 Å². The van der Waals surface area contributed by atoms with Gasteiger partial charge in [-0.2, -0.15) is 0 Å². The number of nitrogens with one attached hydrogen (secondary N) is 2. The number of carbonyl (C=O) groups is 1. The number of ether oxygens (including phenoxy) is 1. The number of anilines is 2. The SMILES string of the molecule is CS(=O)(=O)Nc1ccc(-c2csc(NC(=O)C3(N)CCOCC3)n2)cc1.Cl. The molecular weight excluding hydrogens is 412 g/mol. The molecule has 148 valence electrons. The van der Waals surface area contributed by atoms with E-state index < -0.39 is 15.6 Å². The van der Waals surface area contributed by atoms with Crippen molar-refractivity contribution in [3.8, 4) is 11.3 Å². The van der Waals surface area contributed by atoms with E-state index in [9.17, 15) is 13.2 Å². The number of sulfonamides is 1. The van der Waals surface area contributed by atoms with Crippen LogP contribution in [0.4, 0.5) is 10.8 Å². The number of thiazole rings is 1. The molecule has 0 spiro atoms. The molecule has 1 aromatic carbocycles. The summed E-state index contributed by atoms with van der Waals surface area (Å²) >= 11 is 1.31. The zero-order valence-corrected chi connectivity index (χ0v) is 17.0. The predicted molar refractivity (Wildman–Crippen MR) is 109 cm³/mol. The van der Waals surface area contributed by atoms with Gasteiger partial charge in [-0.1, -0.05) is 12.1 Å². The Kier molecular flexibility index (Phi) is 6.82. The lowest BCUT2D eigenvalue weighted by Crippen LogP contribution is -2.54. The van der Waals surface area contributed by atoms with Crippen molar-refractivity contribution in [1.29, 1.82) is 0 Å². The number of carbonyl (C=O) groups excluding carboxylic acids is 1. The normalized spacial score (nSPS) is 16.2. The van der Waals surface area contributed by atoms with Crippen molar-refractivity contribution in [3.63, 3.8) is 0 Å². The molecule has 0 atom stereocenters. The summed E-state index contributed by atoms with van der Waals surface area (Å²) in [6.07, 6.45) is 2.05. The van der Waals surface area contributed by atoms with Gasteiger partial charge in [-0.3, -0.25) is 9.52 Å². The van der Waals surface area contributed by atoms with E-state index >= 15 is 0 Å². The monoisotopic (exact) mass is 432 g/mol. The van der Waals surface area contributed by atoms with Crippen LogP contribution in [0.25, 0.3) is 11.3 Å². The third kappa shape index (κ3) is 5.63. The Morgan fingerprint density at radius 3 is 2.48 bits per heavy atom. The van der Waals surface area contributed by atoms with Gasteiger partial charge in [0.25, 0.3) is 0 Å². The second-order valence-electron chi connectivity index (χ2n) is 6.21. The summed E-state index contributed by atoms with van der Waals surface area (Å²) in [5, 5.41) is 5.07. The summed E-state index contributed by atoms with van der Waals surface area (Å²) in [5.74, 6) is -0.255. The molecule has 1 aliphatic rings. The number of hydrogen-bond acceptors (Lipinski definition) is 7. The number of nitrogens with zero attached hydrogens (tertiary/aromatic N) is 1. The summed E-state index contributed by atoms with van der Waals surface area (Å²) in [7, 11) is -3.31. The number of hydrogen-bond donors (Lipinski definition) is 3. The highest BCUT2D eigenvalue weighted by atomic mass is 35.5. The minimum Gasteiger partial charge on any atom is -0.381 e. The summed E-state index contributed by atoms with van der Waals surface area (Å²) in [5.41, 5.74) is 7.22. The van der Waals surface area contributed by atoms with Crippen molar-refractivity contribution in [1.82, 2.24) is 4.98 Å². The first-order chi connectivity index (χ1) is 12.3. The highest BCUT2D eigenvalue weighted by molar-refractivity contribution is 7.92. The zero-order valence-electron chi connectivity index (χ0n) is 14.6. The lowest BCUT2D eigenvalue weighted by molar-refractivity contribution is -0.124. The van der Waals surface area contributed by atoms with Crippen LogP contribution in [0.2, 0.25) is 0 Å². The molecule has 1 aromatic heterocycles. The van der Waals surface area contributed by atoms with Gasteiger partial charge in [0.15, 0.2) is 5.13 Å². The number of aromatic nitrogens is 1. The summed E-state index contributed by atoms with van der Waals surface area (Å²) in [6, 6.07) is 6.84. The molecule has 0 unspecified atom stereocenters. The van der Waals surface area contributed by atoms with Gasteiger partial charge in [0.2, 0.25) is 15.9 Å². The fraction of sp³-hybridized carbons (Fsp3) is 0.375. The van der Waals surface area contributed by atoms with Crippen molar-refractivity contribution in [2.24, 2.45) is 5.73 Å². The molecule has 27 heavy (non-hydrogen) atoms. The lowest BCUT2D eigenvalue weighted by atomic mass is 9.90. The Morgan fingerprint density at radius 2 is 1.89 bits per heavy atom. The molecule has 2 heterocycles. The Bertz CT molecular complexity index is 893. The molecule has 0 saturated carbocycles. The summed E-state index contributed by atoms with van der Waals surface area (Å²) in [6.45, 7) is 0.946. The second kappa shape index (κ2) is 8.53. The van der Waals surface area contributed by atoms with E-state index in [1.807, 2.05) is 5.38 Å². The second-order valence-corrected chi connectivity index (χ2v) is 8.82. The fourth-order valence-corrected chi connectivity index (χ4v) is 3.85. The third-order valence-corrected chi connectivity index (χ3v) is 5.41. The average Bonchev–Trinajstić information content (AvgIpc) is 3.03. The van der Waals surface area contributed by atoms with E-state index in [0.717, 1.165) is 11.8 Å². The van der Waals surface area contributed by atoms with Crippen LogP contribution in [-0.4, -0.2) is 44.3 Å². The maximum Gasteiger partial charge on any atom is 0.246 e. The standard InChI is InChI=1S/C16H20N4O4S2.ClH/c1-26(22,23)20-12-4-2-11(3-5-12)13-10-25-15(18-13)19-14(21)16(17)6-8-24-9-7-16;/h2-5,10,20H,6-9,17H2,1H3,(H,18,19,21);1H. The Hall–Kier alpha value is -1.72. The molecule has 1 aliphatic heterocycles. The van der Waals surface area contributed by atoms with Crippen molar-refractivity contribution in [3.05, 3.63) is 29.6 Å². The number of halogens is 1. The van der Waals surface area contributed by atoms with Crippen molar-refractivity contribution >= 4 is 50.5 Å². The maximum atomic E-state index is 12.4. The van der Waals surface area contributed by atoms with E-state index in [1.165, 1.54) is 11.3 Å². The maximum absolute atomic E-state index is 12.4. The van der Waals surface area contributed by atoms with Gasteiger partial charge in [-0.25, -0.2) is 13.4 Å². The van der Waals surface area contributed by atoms with Crippen LogP contribution in [0.3, 0.4) is 0 Å². The Labute approximate surface area is 168 Å². The van der Waals surface area contributed by atoms with Crippen LogP contribution in [0, 0.1) is 0 Å². The van der Waals surface area contributed by atoms with Crippen LogP contribution < -0.4 is 15.8 Å². The van der Waals surface area contributed by atoms with Gasteiger partial charge in [0.05, 0.1) is 11.9 Å². The highest BCUT2D eigenvalue weighted by Crippen LogP contribution is 2.27. The number of amides is 1. The largest absolute Gasteiger partial charge is 0.381 e. The van der Waals surface area contributed by atoms with Crippen LogP contribution in [0.15, 0.2) is 29.6 Å². The van der Waals surface area contributed by atoms with E-state index in [-0.39, 0.29) is 18.3 Å². The van der Waals surface area contributed by atoms with E-state index in [4.69, 9.17) is 10.5 Å². The van der Waals surface area contributed by atoms with Crippen LogP contribution in [-0.2, 0) is 19.6 Å². The molecule has 3 rings (SSSR count). The van der Waals surface area contributed by atoms with Gasteiger partial charge < -0.3 is 15.8 Å². The molecule has 11 heteroatoms. The van der Waals surface area contributed by atoms with E-state index in [2.05, 4.69) is 15.0 Å². The minimum atomic E-state index is -3.31. The highest BCUT2D eigenvalue weighted by Gasteiger charge is 2.36. The van der Waals surface area contributed by atoms with Gasteiger partial charge in [-0.05, 0) is 25.0 Å². The number of rotatable bonds is 5. The Morgan fingerprint density at radius 1 is 1.26 bits per heavy atom. The zero-order chi connectivity index (χ0) is 18.8. The molecule has 1 saturated heterocycles. The molecule has 1 amide bonds. The summed E-state index contributed by atoms with van der Waals surface area (Å²) < 4.78 is 30.1. The third-order valence-electron chi connectivity index (χ3n) is 4.05. The smallest absolute Gasteiger partial charge is 0.246 e. The quantitative estimate of drug-likeness (QED) is 0.664. The van der Waals surface area contributed by atoms with E-state index in [0.29, 0.717) is 42.6 Å². The topological polar surface area (TPSA) is 123 Å². The predicted octanol–water partition coefficient (Wildman–Crippen LogP) is 2.05. The van der Waals surface area contributed by atoms with Gasteiger partial charge in [-0.15, -0.1) is 23.7 Å². The summed E-state index contributed by atoms with van der Waals surface area (Å²) in [4.78, 5) is 16.8. The van der Waals surface area contributed by atoms with Crippen molar-refractivity contribution < 1.29 is 17.9 Å². The first kappa shape index (κ1) is 21.6. The first-order valence-electron chi connectivity index (χ1n) is 7.97. The molecule has 0 aliphatic carbocycles. The molecule has 0 bridgehead atoms. The fourth-order valence-electron chi connectivity index (χ4n) is 2.57. The van der Waals surface area contributed by atoms with Gasteiger partial charge in [0.1, 0.15) is 5.54 Å². The lowest BCUT2D eigenvalue weighted by Gasteiger charge is -2.31. The first-order valence-corrected chi connectivity index (χ1v) is 10.7. The number of nitrogens with two attached hydrogens (primary N) is 1. The van der Waals surface area contributed by atoms with Crippen LogP contribution in [0.1, 0.15) is 12.8 Å². The average molecular weight is 433 g/mol. The van der Waals surface area contributed by atoms with Crippen LogP contribution in [0.5, 0.6) is 0 Å². The number of benzene rings is 1. The molecule has 0 radical (unpaired) electrons. The Balaban J connectivity index is 0.00000261. The molecule has 1 fully saturated rings. The van der Waals surface area contributed by atoms with Crippen molar-refractivity contribution in [2.45, 2.75) is 18.4 Å². The van der Waals surface area contributed by atoms with E-state index in [1.54, 1.807) is 24.3 Å². The minimum absolute atomic E-state index is 0. The molecular formula is C16H21ClN4O4S2.